The number of piperidine rings is 1. The molecule has 1 aromatic heterocycles. The number of hydrogen-bond donors (Lipinski definition) is 2. The molecule has 0 spiro atoms. The number of hydrogen-bond acceptors (Lipinski definition) is 7. The SMILES string of the molecule is [2H]C1([2H])C([2H])([2H])C(C(=O)Nc2ccc(C(F)(F)F)cc2Cl)(n2cc(C#CC3CN(c4ccc5c(c4)C(=O)N(C4CCC(=O)NC4=O)C5=O)C3)cn2)C1([2H])[2H]. The average molecular weight is 685 g/mol. The van der Waals surface area contributed by atoms with E-state index in [0.29, 0.717) is 35.6 Å². The zero-order valence-electron chi connectivity index (χ0n) is 30.4. The fourth-order valence-electron chi connectivity index (χ4n) is 5.71. The monoisotopic (exact) mass is 684 g/mol. The maximum Gasteiger partial charge on any atom is 0.416 e. The lowest BCUT2D eigenvalue weighted by molar-refractivity contribution is -0.138. The zero-order chi connectivity index (χ0) is 39.3. The largest absolute Gasteiger partial charge is 0.416 e. The van der Waals surface area contributed by atoms with Gasteiger partial charge in [0, 0.05) is 39.6 Å². The van der Waals surface area contributed by atoms with Crippen LogP contribution in [-0.2, 0) is 26.1 Å². The van der Waals surface area contributed by atoms with E-state index in [1.165, 1.54) is 12.1 Å². The molecule has 15 heteroatoms. The van der Waals surface area contributed by atoms with E-state index < -0.39 is 82.7 Å². The lowest BCUT2D eigenvalue weighted by Crippen LogP contribution is -2.54. The number of fused-ring (bicyclic) bond motifs is 1. The van der Waals surface area contributed by atoms with E-state index in [1.807, 2.05) is 4.90 Å². The molecule has 11 nitrogen and oxygen atoms in total. The molecule has 2 saturated heterocycles. The van der Waals surface area contributed by atoms with Crippen LogP contribution in [0.5, 0.6) is 0 Å². The molecule has 0 bridgehead atoms. The Morgan fingerprint density at radius 1 is 1.08 bits per heavy atom. The molecular formula is C33H26ClF3N6O5. The molecule has 1 saturated carbocycles. The number of benzene rings is 2. The quantitative estimate of drug-likeness (QED) is 0.307. The number of rotatable bonds is 5. The highest BCUT2D eigenvalue weighted by Crippen LogP contribution is 2.41. The highest BCUT2D eigenvalue weighted by molar-refractivity contribution is 6.33. The van der Waals surface area contributed by atoms with Crippen LogP contribution in [0.4, 0.5) is 24.5 Å². The molecule has 1 unspecified atom stereocenters. The van der Waals surface area contributed by atoms with Gasteiger partial charge in [0.05, 0.1) is 45.1 Å². The van der Waals surface area contributed by atoms with Crippen molar-refractivity contribution < 1.29 is 45.4 Å². The number of carbonyl (C=O) groups is 5. The van der Waals surface area contributed by atoms with Gasteiger partial charge in [-0.25, -0.2) is 0 Å². The van der Waals surface area contributed by atoms with Gasteiger partial charge in [-0.15, -0.1) is 0 Å². The van der Waals surface area contributed by atoms with Crippen LogP contribution < -0.4 is 15.5 Å². The Kier molecular flexibility index (Phi) is 5.98. The van der Waals surface area contributed by atoms with Crippen molar-refractivity contribution in [1.29, 1.82) is 0 Å². The van der Waals surface area contributed by atoms with Gasteiger partial charge >= 0.3 is 6.18 Å². The van der Waals surface area contributed by atoms with Crippen LogP contribution in [0.2, 0.25) is 5.02 Å². The van der Waals surface area contributed by atoms with E-state index in [4.69, 9.17) is 19.8 Å². The van der Waals surface area contributed by atoms with Crippen molar-refractivity contribution in [3.63, 3.8) is 0 Å². The van der Waals surface area contributed by atoms with Crippen LogP contribution in [0.1, 0.15) is 72.0 Å². The van der Waals surface area contributed by atoms with Gasteiger partial charge in [0.1, 0.15) is 11.6 Å². The third kappa shape index (κ3) is 5.37. The Morgan fingerprint density at radius 2 is 1.83 bits per heavy atom. The standard InChI is InChI=1S/C33H26ClF3N6O5/c34-24-12-20(33(35,36)37)4-7-25(24)39-31(48)32(10-1-11-32)42-17-18(14-38-42)2-3-19-15-41(16-19)21-5-6-22-23(13-21)30(47)43(29(22)46)26-8-9-27(44)40-28(26)45/h4-7,12-14,17,19,26H,1,8-11,15-16H2,(H,39,48)(H,40,44,45)/i1D2,10D2,11D2. The van der Waals surface area contributed by atoms with Gasteiger partial charge in [-0.1, -0.05) is 23.4 Å². The lowest BCUT2D eigenvalue weighted by atomic mass is 9.76. The second kappa shape index (κ2) is 11.5. The molecule has 3 aromatic rings. The van der Waals surface area contributed by atoms with Crippen molar-refractivity contribution in [2.24, 2.45) is 5.92 Å². The number of halogens is 4. The molecule has 5 amide bonds. The molecule has 2 aromatic carbocycles. The number of aromatic nitrogens is 2. The van der Waals surface area contributed by atoms with Crippen LogP contribution in [0.15, 0.2) is 48.8 Å². The van der Waals surface area contributed by atoms with E-state index in [-0.39, 0.29) is 35.4 Å². The molecule has 246 valence electrons. The molecule has 3 aliphatic heterocycles. The van der Waals surface area contributed by atoms with Crippen LogP contribution in [0.3, 0.4) is 0 Å². The third-order valence-corrected chi connectivity index (χ3v) is 8.69. The second-order valence-electron chi connectivity index (χ2n) is 11.5. The lowest BCUT2D eigenvalue weighted by Gasteiger charge is -2.40. The smallest absolute Gasteiger partial charge is 0.369 e. The number of alkyl halides is 3. The van der Waals surface area contributed by atoms with Gasteiger partial charge in [0.25, 0.3) is 17.7 Å². The van der Waals surface area contributed by atoms with E-state index in [1.54, 1.807) is 6.07 Å². The van der Waals surface area contributed by atoms with Crippen LogP contribution in [-0.4, -0.2) is 63.3 Å². The highest BCUT2D eigenvalue weighted by Gasteiger charge is 2.47. The molecule has 7 rings (SSSR count). The molecule has 0 radical (unpaired) electrons. The van der Waals surface area contributed by atoms with Crippen molar-refractivity contribution in [2.45, 2.75) is 49.7 Å². The second-order valence-corrected chi connectivity index (χ2v) is 11.9. The molecule has 1 aliphatic carbocycles. The predicted octanol–water partition coefficient (Wildman–Crippen LogP) is 3.96. The first-order valence-corrected chi connectivity index (χ1v) is 14.9. The number of nitrogens with zero attached hydrogens (tertiary/aromatic N) is 4. The molecule has 4 aliphatic rings. The van der Waals surface area contributed by atoms with Crippen molar-refractivity contribution in [3.8, 4) is 11.8 Å². The van der Waals surface area contributed by atoms with E-state index >= 15 is 0 Å². The molecule has 1 atom stereocenters. The summed E-state index contributed by atoms with van der Waals surface area (Å²) in [6.45, 7) is 0.759. The highest BCUT2D eigenvalue weighted by atomic mass is 35.5. The van der Waals surface area contributed by atoms with Gasteiger partial charge < -0.3 is 10.2 Å². The van der Waals surface area contributed by atoms with Gasteiger partial charge in [-0.3, -0.25) is 38.9 Å². The van der Waals surface area contributed by atoms with Gasteiger partial charge in [-0.2, -0.15) is 18.3 Å². The minimum absolute atomic E-state index is 0.00895. The average Bonchev–Trinajstić information content (AvgIpc) is 3.62. The summed E-state index contributed by atoms with van der Waals surface area (Å²) in [5.41, 5.74) is -3.57. The summed E-state index contributed by atoms with van der Waals surface area (Å²) in [5, 5.41) is 7.72. The zero-order valence-corrected chi connectivity index (χ0v) is 25.2. The Morgan fingerprint density at radius 3 is 2.54 bits per heavy atom. The van der Waals surface area contributed by atoms with Gasteiger partial charge in [0.2, 0.25) is 11.8 Å². The van der Waals surface area contributed by atoms with E-state index in [9.17, 15) is 37.1 Å². The van der Waals surface area contributed by atoms with E-state index in [2.05, 4.69) is 27.6 Å². The summed E-state index contributed by atoms with van der Waals surface area (Å²) >= 11 is 5.99. The summed E-state index contributed by atoms with van der Waals surface area (Å²) in [6, 6.07) is 5.53. The first-order valence-electron chi connectivity index (χ1n) is 17.5. The summed E-state index contributed by atoms with van der Waals surface area (Å²) in [5.74, 6) is 1.64. The Labute approximate surface area is 284 Å². The summed E-state index contributed by atoms with van der Waals surface area (Å²) in [4.78, 5) is 66.7. The Hall–Kier alpha value is -5.16. The van der Waals surface area contributed by atoms with Crippen molar-refractivity contribution in [2.75, 3.05) is 23.3 Å². The number of anilines is 2. The molecule has 3 fully saturated rings. The minimum atomic E-state index is -4.76. The number of amides is 5. The summed E-state index contributed by atoms with van der Waals surface area (Å²) in [6.07, 6.45) is -12.2. The van der Waals surface area contributed by atoms with Crippen LogP contribution >= 0.6 is 11.6 Å². The Balaban J connectivity index is 1.08. The Bertz CT molecular complexity index is 2230. The fourth-order valence-corrected chi connectivity index (χ4v) is 5.94. The van der Waals surface area contributed by atoms with E-state index in [0.717, 1.165) is 23.4 Å². The van der Waals surface area contributed by atoms with Crippen LogP contribution in [0, 0.1) is 17.8 Å². The fraction of sp³-hybridized carbons (Fsp3) is 0.333. The molecule has 48 heavy (non-hydrogen) atoms. The minimum Gasteiger partial charge on any atom is -0.369 e. The summed E-state index contributed by atoms with van der Waals surface area (Å²) in [7, 11) is 0. The van der Waals surface area contributed by atoms with Crippen molar-refractivity contribution >= 4 is 52.5 Å². The molecule has 2 N–H and O–H groups in total. The normalized spacial score (nSPS) is 25.4. The predicted molar refractivity (Wildman–Crippen MR) is 165 cm³/mol. The maximum atomic E-state index is 13.8. The van der Waals surface area contributed by atoms with Gasteiger partial charge in [-0.05, 0) is 61.9 Å². The van der Waals surface area contributed by atoms with Crippen molar-refractivity contribution in [3.05, 3.63) is 76.1 Å². The number of imide groups is 2. The first-order chi connectivity index (χ1) is 25.1. The van der Waals surface area contributed by atoms with Crippen LogP contribution in [0.25, 0.3) is 0 Å². The van der Waals surface area contributed by atoms with Gasteiger partial charge in [0.15, 0.2) is 0 Å². The number of carbonyl (C=O) groups excluding carboxylic acids is 5. The topological polar surface area (TPSA) is 134 Å². The maximum absolute atomic E-state index is 13.8. The third-order valence-electron chi connectivity index (χ3n) is 8.38. The molecule has 4 heterocycles. The number of nitrogens with one attached hydrogen (secondary N) is 2. The summed E-state index contributed by atoms with van der Waals surface area (Å²) < 4.78 is 90.5. The molecular weight excluding hydrogens is 653 g/mol. The first kappa shape index (κ1) is 24.9. The van der Waals surface area contributed by atoms with Crippen molar-refractivity contribution in [1.82, 2.24) is 20.0 Å².